The molecule has 0 bridgehead atoms. The Bertz CT molecular complexity index is 955. The van der Waals surface area contributed by atoms with Crippen LogP contribution in [0.4, 0.5) is 16.3 Å². The lowest BCUT2D eigenvalue weighted by Crippen LogP contribution is -2.36. The van der Waals surface area contributed by atoms with Gasteiger partial charge in [-0.25, -0.2) is 4.79 Å². The fourth-order valence-electron chi connectivity index (χ4n) is 4.59. The summed E-state index contributed by atoms with van der Waals surface area (Å²) in [5.74, 6) is 1.66. The number of aromatic nitrogens is 2. The maximum atomic E-state index is 12.3. The molecule has 4 rings (SSSR count). The summed E-state index contributed by atoms with van der Waals surface area (Å²) in [5.41, 5.74) is 2.01. The Labute approximate surface area is 188 Å². The van der Waals surface area contributed by atoms with Gasteiger partial charge in [0.2, 0.25) is 5.91 Å². The standard InChI is InChI=1S/C24H31N5O3/c1-15(30)25-19-7-5-16(6-8-19)21-9-10-22(28-27-21)26-20-11-17-13-29(14-18(17)12-20)23(31)32-24(2,3)4/h5-10,17-18,20H,11-14H2,1-4H3,(H,25,30)(H,26,28)/t17-,18+,20-. The number of hydrogen-bond donors (Lipinski definition) is 2. The molecule has 1 saturated carbocycles. The molecule has 3 atom stereocenters. The Balaban J connectivity index is 1.29. The molecule has 1 aromatic carbocycles. The molecule has 8 nitrogen and oxygen atoms in total. The molecule has 32 heavy (non-hydrogen) atoms. The first-order valence-electron chi connectivity index (χ1n) is 11.1. The Morgan fingerprint density at radius 3 is 2.19 bits per heavy atom. The number of nitrogens with zero attached hydrogens (tertiary/aromatic N) is 3. The number of benzene rings is 1. The summed E-state index contributed by atoms with van der Waals surface area (Å²) in [7, 11) is 0. The van der Waals surface area contributed by atoms with Crippen molar-refractivity contribution < 1.29 is 14.3 Å². The fourth-order valence-corrected chi connectivity index (χ4v) is 4.59. The minimum absolute atomic E-state index is 0.0958. The largest absolute Gasteiger partial charge is 0.444 e. The van der Waals surface area contributed by atoms with Crippen molar-refractivity contribution in [1.82, 2.24) is 15.1 Å². The number of rotatable bonds is 4. The number of amides is 2. The summed E-state index contributed by atoms with van der Waals surface area (Å²) >= 11 is 0. The summed E-state index contributed by atoms with van der Waals surface area (Å²) in [6.07, 6.45) is 1.82. The van der Waals surface area contributed by atoms with Gasteiger partial charge in [-0.1, -0.05) is 12.1 Å². The zero-order valence-electron chi connectivity index (χ0n) is 19.1. The fraction of sp³-hybridized carbons (Fsp3) is 0.500. The van der Waals surface area contributed by atoms with E-state index in [1.165, 1.54) is 6.92 Å². The van der Waals surface area contributed by atoms with Crippen LogP contribution in [-0.4, -0.2) is 51.8 Å². The number of hydrogen-bond acceptors (Lipinski definition) is 6. The van der Waals surface area contributed by atoms with E-state index < -0.39 is 5.60 Å². The van der Waals surface area contributed by atoms with E-state index in [0.717, 1.165) is 48.7 Å². The number of carbonyl (C=O) groups excluding carboxylic acids is 2. The first-order chi connectivity index (χ1) is 15.2. The highest BCUT2D eigenvalue weighted by Gasteiger charge is 2.43. The molecular formula is C24H31N5O3. The van der Waals surface area contributed by atoms with Gasteiger partial charge in [0.05, 0.1) is 5.69 Å². The average molecular weight is 438 g/mol. The summed E-state index contributed by atoms with van der Waals surface area (Å²) in [4.78, 5) is 25.3. The Morgan fingerprint density at radius 1 is 1.00 bits per heavy atom. The van der Waals surface area contributed by atoms with Crippen molar-refractivity contribution in [3.05, 3.63) is 36.4 Å². The minimum atomic E-state index is -0.461. The smallest absolute Gasteiger partial charge is 0.410 e. The monoisotopic (exact) mass is 437 g/mol. The molecule has 2 aromatic rings. The Kier molecular flexibility index (Phi) is 6.04. The number of likely N-dealkylation sites (tertiary alicyclic amines) is 1. The second-order valence-electron chi connectivity index (χ2n) is 9.78. The SMILES string of the molecule is CC(=O)Nc1ccc(-c2ccc(N[C@@H]3C[C@@H]4CN(C(=O)OC(C)(C)C)C[C@@H]4C3)nn2)cc1. The van der Waals surface area contributed by atoms with Crippen LogP contribution in [0.15, 0.2) is 36.4 Å². The van der Waals surface area contributed by atoms with E-state index in [-0.39, 0.29) is 12.0 Å². The highest BCUT2D eigenvalue weighted by Crippen LogP contribution is 2.39. The zero-order valence-corrected chi connectivity index (χ0v) is 19.1. The highest BCUT2D eigenvalue weighted by atomic mass is 16.6. The highest BCUT2D eigenvalue weighted by molar-refractivity contribution is 5.88. The van der Waals surface area contributed by atoms with Gasteiger partial charge in [-0.2, -0.15) is 0 Å². The van der Waals surface area contributed by atoms with Crippen molar-refractivity contribution >= 4 is 23.5 Å². The van der Waals surface area contributed by atoms with Crippen molar-refractivity contribution in [3.8, 4) is 11.3 Å². The van der Waals surface area contributed by atoms with Crippen molar-refractivity contribution in [2.24, 2.45) is 11.8 Å². The minimum Gasteiger partial charge on any atom is -0.444 e. The molecule has 1 aliphatic heterocycles. The lowest BCUT2D eigenvalue weighted by atomic mass is 10.0. The molecule has 8 heteroatoms. The van der Waals surface area contributed by atoms with Gasteiger partial charge in [0.15, 0.2) is 0 Å². The van der Waals surface area contributed by atoms with E-state index in [1.54, 1.807) is 0 Å². The molecule has 2 fully saturated rings. The van der Waals surface area contributed by atoms with Crippen molar-refractivity contribution in [2.45, 2.75) is 52.2 Å². The first kappa shape index (κ1) is 22.0. The lowest BCUT2D eigenvalue weighted by molar-refractivity contribution is -0.114. The molecule has 0 unspecified atom stereocenters. The molecule has 2 amide bonds. The third-order valence-electron chi connectivity index (χ3n) is 5.92. The van der Waals surface area contributed by atoms with Gasteiger partial charge in [0.1, 0.15) is 11.4 Å². The molecule has 170 valence electrons. The second kappa shape index (κ2) is 8.76. The van der Waals surface area contributed by atoms with Gasteiger partial charge in [-0.05, 0) is 69.7 Å². The van der Waals surface area contributed by atoms with Gasteiger partial charge in [-0.15, -0.1) is 10.2 Å². The van der Waals surface area contributed by atoms with Crippen LogP contribution < -0.4 is 10.6 Å². The number of ether oxygens (including phenoxy) is 1. The van der Waals surface area contributed by atoms with Crippen LogP contribution in [0.5, 0.6) is 0 Å². The summed E-state index contributed by atoms with van der Waals surface area (Å²) in [5, 5.41) is 15.0. The maximum absolute atomic E-state index is 12.3. The van der Waals surface area contributed by atoms with Crippen molar-refractivity contribution in [2.75, 3.05) is 23.7 Å². The van der Waals surface area contributed by atoms with Crippen molar-refractivity contribution in [1.29, 1.82) is 0 Å². The molecule has 0 spiro atoms. The van der Waals surface area contributed by atoms with Crippen LogP contribution >= 0.6 is 0 Å². The summed E-state index contributed by atoms with van der Waals surface area (Å²) < 4.78 is 5.52. The maximum Gasteiger partial charge on any atom is 0.410 e. The van der Waals surface area contributed by atoms with Crippen molar-refractivity contribution in [3.63, 3.8) is 0 Å². The predicted molar refractivity (Wildman–Crippen MR) is 123 cm³/mol. The van der Waals surface area contributed by atoms with Gasteiger partial charge in [0.25, 0.3) is 0 Å². The molecule has 2 heterocycles. The number of anilines is 2. The third kappa shape index (κ3) is 5.36. The number of fused-ring (bicyclic) bond motifs is 1. The van der Waals surface area contributed by atoms with E-state index >= 15 is 0 Å². The topological polar surface area (TPSA) is 96.5 Å². The third-order valence-corrected chi connectivity index (χ3v) is 5.92. The molecule has 1 saturated heterocycles. The van der Waals surface area contributed by atoms with Gasteiger partial charge < -0.3 is 20.3 Å². The number of nitrogens with one attached hydrogen (secondary N) is 2. The lowest BCUT2D eigenvalue weighted by Gasteiger charge is -2.25. The average Bonchev–Trinajstić information content (AvgIpc) is 3.26. The van der Waals surface area contributed by atoms with E-state index in [4.69, 9.17) is 4.74 Å². The first-order valence-corrected chi connectivity index (χ1v) is 11.1. The van der Waals surface area contributed by atoms with E-state index in [9.17, 15) is 9.59 Å². The van der Waals surface area contributed by atoms with Gasteiger partial charge >= 0.3 is 6.09 Å². The van der Waals surface area contributed by atoms with Crippen LogP contribution in [0.25, 0.3) is 11.3 Å². The van der Waals surface area contributed by atoms with E-state index in [1.807, 2.05) is 62.1 Å². The van der Waals surface area contributed by atoms with Crippen LogP contribution in [0, 0.1) is 11.8 Å². The number of carbonyl (C=O) groups is 2. The van der Waals surface area contributed by atoms with Crippen LogP contribution in [0.1, 0.15) is 40.5 Å². The molecule has 2 N–H and O–H groups in total. The predicted octanol–water partition coefficient (Wildman–Crippen LogP) is 4.16. The summed E-state index contributed by atoms with van der Waals surface area (Å²) in [6.45, 7) is 8.70. The second-order valence-corrected chi connectivity index (χ2v) is 9.78. The molecule has 1 aromatic heterocycles. The quantitative estimate of drug-likeness (QED) is 0.746. The molecule has 2 aliphatic rings. The van der Waals surface area contributed by atoms with Gasteiger partial charge in [-0.3, -0.25) is 4.79 Å². The van der Waals surface area contributed by atoms with E-state index in [2.05, 4.69) is 20.8 Å². The van der Waals surface area contributed by atoms with Gasteiger partial charge in [0, 0.05) is 37.3 Å². The zero-order chi connectivity index (χ0) is 22.9. The molecule has 1 aliphatic carbocycles. The molecule has 0 radical (unpaired) electrons. The Morgan fingerprint density at radius 2 is 1.66 bits per heavy atom. The van der Waals surface area contributed by atoms with Crippen LogP contribution in [0.3, 0.4) is 0 Å². The molecular weight excluding hydrogens is 406 g/mol. The Hall–Kier alpha value is -3.16. The van der Waals surface area contributed by atoms with E-state index in [0.29, 0.717) is 17.9 Å². The van der Waals surface area contributed by atoms with Crippen LogP contribution in [-0.2, 0) is 9.53 Å². The van der Waals surface area contributed by atoms with Crippen LogP contribution in [0.2, 0.25) is 0 Å². The normalized spacial score (nSPS) is 22.4. The summed E-state index contributed by atoms with van der Waals surface area (Å²) in [6, 6.07) is 11.8.